The standard InChI is InChI=1S/C18H27NO5/c1-2-3-4-5-6-7-8-9-16(20)17(18(21)22)24-23-15-12-10-14(19)11-13-15/h10-13,17H,2-9,19H2,1H3,(H,21,22). The molecule has 0 aromatic heterocycles. The number of nitrogens with two attached hydrogens (primary N) is 1. The number of carboxylic acid groups (broad SMARTS) is 1. The van der Waals surface area contributed by atoms with Gasteiger partial charge in [0.15, 0.2) is 11.5 Å². The maximum Gasteiger partial charge on any atom is 0.345 e. The van der Waals surface area contributed by atoms with Crippen LogP contribution in [0, 0.1) is 0 Å². The van der Waals surface area contributed by atoms with Crippen LogP contribution in [0.4, 0.5) is 5.69 Å². The number of carbonyl (C=O) groups is 2. The van der Waals surface area contributed by atoms with Crippen LogP contribution in [-0.2, 0) is 14.5 Å². The number of unbranched alkanes of at least 4 members (excludes halogenated alkanes) is 6. The average Bonchev–Trinajstić information content (AvgIpc) is 2.55. The molecule has 0 spiro atoms. The number of carboxylic acids is 1. The summed E-state index contributed by atoms with van der Waals surface area (Å²) in [6.45, 7) is 2.16. The van der Waals surface area contributed by atoms with Gasteiger partial charge >= 0.3 is 5.97 Å². The van der Waals surface area contributed by atoms with Crippen molar-refractivity contribution in [2.45, 2.75) is 64.4 Å². The number of hydrogen-bond acceptors (Lipinski definition) is 5. The molecule has 0 aliphatic rings. The number of carbonyl (C=O) groups excluding carboxylic acids is 1. The van der Waals surface area contributed by atoms with E-state index in [9.17, 15) is 9.59 Å². The van der Waals surface area contributed by atoms with Gasteiger partial charge in [0, 0.05) is 12.1 Å². The highest BCUT2D eigenvalue weighted by atomic mass is 17.2. The number of benzene rings is 1. The van der Waals surface area contributed by atoms with Crippen LogP contribution in [0.2, 0.25) is 0 Å². The zero-order valence-corrected chi connectivity index (χ0v) is 14.2. The van der Waals surface area contributed by atoms with Gasteiger partial charge in [-0.15, -0.1) is 0 Å². The van der Waals surface area contributed by atoms with Crippen LogP contribution in [0.5, 0.6) is 5.75 Å². The van der Waals surface area contributed by atoms with Gasteiger partial charge < -0.3 is 15.7 Å². The molecule has 1 rings (SSSR count). The van der Waals surface area contributed by atoms with Gasteiger partial charge in [0.25, 0.3) is 6.10 Å². The van der Waals surface area contributed by atoms with E-state index < -0.39 is 17.9 Å². The van der Waals surface area contributed by atoms with E-state index in [0.29, 0.717) is 17.9 Å². The van der Waals surface area contributed by atoms with Crippen molar-refractivity contribution < 1.29 is 24.5 Å². The Hall–Kier alpha value is -2.08. The zero-order valence-electron chi connectivity index (χ0n) is 14.2. The van der Waals surface area contributed by atoms with E-state index in [1.807, 2.05) is 0 Å². The Labute approximate surface area is 142 Å². The Morgan fingerprint density at radius 3 is 2.21 bits per heavy atom. The Morgan fingerprint density at radius 1 is 1.04 bits per heavy atom. The summed E-state index contributed by atoms with van der Waals surface area (Å²) in [5.74, 6) is -1.54. The van der Waals surface area contributed by atoms with Crippen molar-refractivity contribution in [2.75, 3.05) is 5.73 Å². The summed E-state index contributed by atoms with van der Waals surface area (Å²) in [5, 5.41) is 9.12. The summed E-state index contributed by atoms with van der Waals surface area (Å²) in [4.78, 5) is 32.9. The second kappa shape index (κ2) is 11.5. The number of aliphatic carboxylic acids is 1. The van der Waals surface area contributed by atoms with E-state index in [1.54, 1.807) is 12.1 Å². The summed E-state index contributed by atoms with van der Waals surface area (Å²) in [5.41, 5.74) is 6.09. The van der Waals surface area contributed by atoms with Crippen LogP contribution < -0.4 is 10.6 Å². The molecule has 0 saturated carbocycles. The summed E-state index contributed by atoms with van der Waals surface area (Å²) in [6, 6.07) is 6.26. The van der Waals surface area contributed by atoms with Crippen LogP contribution >= 0.6 is 0 Å². The lowest BCUT2D eigenvalue weighted by molar-refractivity contribution is -0.242. The lowest BCUT2D eigenvalue weighted by Crippen LogP contribution is -2.34. The first-order valence-electron chi connectivity index (χ1n) is 8.49. The summed E-state index contributed by atoms with van der Waals surface area (Å²) in [6.07, 6.45) is 6.01. The molecular weight excluding hydrogens is 310 g/mol. The third kappa shape index (κ3) is 7.97. The molecule has 0 aliphatic carbocycles. The normalized spacial score (nSPS) is 11.9. The molecule has 6 heteroatoms. The van der Waals surface area contributed by atoms with Crippen LogP contribution in [-0.4, -0.2) is 23.0 Å². The summed E-state index contributed by atoms with van der Waals surface area (Å²) < 4.78 is 0. The predicted molar refractivity (Wildman–Crippen MR) is 91.6 cm³/mol. The molecule has 3 N–H and O–H groups in total. The van der Waals surface area contributed by atoms with Gasteiger partial charge in [-0.1, -0.05) is 45.4 Å². The van der Waals surface area contributed by atoms with Crippen molar-refractivity contribution >= 4 is 17.4 Å². The number of rotatable bonds is 13. The van der Waals surface area contributed by atoms with Crippen molar-refractivity contribution in [3.8, 4) is 5.75 Å². The summed E-state index contributed by atoms with van der Waals surface area (Å²) in [7, 11) is 0. The minimum absolute atomic E-state index is 0.176. The van der Waals surface area contributed by atoms with E-state index in [2.05, 4.69) is 6.92 Å². The molecule has 0 heterocycles. The molecule has 1 unspecified atom stereocenters. The third-order valence-corrected chi connectivity index (χ3v) is 3.66. The van der Waals surface area contributed by atoms with Crippen molar-refractivity contribution in [3.05, 3.63) is 24.3 Å². The first-order chi connectivity index (χ1) is 11.5. The lowest BCUT2D eigenvalue weighted by Gasteiger charge is -2.12. The topological polar surface area (TPSA) is 98.9 Å². The lowest BCUT2D eigenvalue weighted by atomic mass is 10.0. The second-order valence-electron chi connectivity index (χ2n) is 5.80. The maximum atomic E-state index is 12.0. The van der Waals surface area contributed by atoms with Gasteiger partial charge in [-0.3, -0.25) is 4.79 Å². The van der Waals surface area contributed by atoms with Gasteiger partial charge in [0.1, 0.15) is 0 Å². The van der Waals surface area contributed by atoms with Gasteiger partial charge in [0.2, 0.25) is 0 Å². The van der Waals surface area contributed by atoms with Gasteiger partial charge in [0.05, 0.1) is 0 Å². The smallest absolute Gasteiger partial charge is 0.345 e. The first-order valence-corrected chi connectivity index (χ1v) is 8.49. The monoisotopic (exact) mass is 337 g/mol. The fraction of sp³-hybridized carbons (Fsp3) is 0.556. The highest BCUT2D eigenvalue weighted by Crippen LogP contribution is 2.15. The fourth-order valence-electron chi connectivity index (χ4n) is 2.25. The number of Topliss-reactive ketones (excluding diaryl/α,β-unsaturated/α-hetero) is 1. The number of nitrogen functional groups attached to an aromatic ring is 1. The zero-order chi connectivity index (χ0) is 17.8. The molecule has 1 aromatic carbocycles. The largest absolute Gasteiger partial charge is 0.479 e. The first kappa shape index (κ1) is 20.0. The fourth-order valence-corrected chi connectivity index (χ4v) is 2.25. The molecular formula is C18H27NO5. The second-order valence-corrected chi connectivity index (χ2v) is 5.80. The Morgan fingerprint density at radius 2 is 1.62 bits per heavy atom. The van der Waals surface area contributed by atoms with E-state index in [1.165, 1.54) is 31.4 Å². The van der Waals surface area contributed by atoms with Crippen molar-refractivity contribution in [3.63, 3.8) is 0 Å². The van der Waals surface area contributed by atoms with E-state index in [-0.39, 0.29) is 6.42 Å². The van der Waals surface area contributed by atoms with Crippen molar-refractivity contribution in [1.82, 2.24) is 0 Å². The molecule has 0 amide bonds. The predicted octanol–water partition coefficient (Wildman–Crippen LogP) is 3.74. The minimum atomic E-state index is -1.61. The van der Waals surface area contributed by atoms with Crippen LogP contribution in [0.25, 0.3) is 0 Å². The van der Waals surface area contributed by atoms with E-state index in [4.69, 9.17) is 20.6 Å². The van der Waals surface area contributed by atoms with Crippen LogP contribution in [0.1, 0.15) is 58.3 Å². The molecule has 1 atom stereocenters. The van der Waals surface area contributed by atoms with Crippen LogP contribution in [0.15, 0.2) is 24.3 Å². The molecule has 0 saturated heterocycles. The third-order valence-electron chi connectivity index (χ3n) is 3.66. The molecule has 24 heavy (non-hydrogen) atoms. The summed E-state index contributed by atoms with van der Waals surface area (Å²) >= 11 is 0. The van der Waals surface area contributed by atoms with E-state index in [0.717, 1.165) is 19.3 Å². The SMILES string of the molecule is CCCCCCCCCC(=O)C(OOc1ccc(N)cc1)C(=O)O. The van der Waals surface area contributed by atoms with Gasteiger partial charge in [-0.05, 0) is 30.7 Å². The molecule has 6 nitrogen and oxygen atoms in total. The number of anilines is 1. The Balaban J connectivity index is 2.31. The van der Waals surface area contributed by atoms with Crippen LogP contribution in [0.3, 0.4) is 0 Å². The van der Waals surface area contributed by atoms with Gasteiger partial charge in [-0.2, -0.15) is 4.89 Å². The number of hydrogen-bond donors (Lipinski definition) is 2. The molecule has 0 radical (unpaired) electrons. The van der Waals surface area contributed by atoms with Gasteiger partial charge in [-0.25, -0.2) is 4.79 Å². The molecule has 0 fully saturated rings. The minimum Gasteiger partial charge on any atom is -0.479 e. The quantitative estimate of drug-likeness (QED) is 0.187. The molecule has 134 valence electrons. The van der Waals surface area contributed by atoms with E-state index >= 15 is 0 Å². The Kier molecular flexibility index (Phi) is 9.53. The van der Waals surface area contributed by atoms with Crippen molar-refractivity contribution in [2.24, 2.45) is 0 Å². The Bertz CT molecular complexity index is 501. The molecule has 0 bridgehead atoms. The van der Waals surface area contributed by atoms with Crippen molar-refractivity contribution in [1.29, 1.82) is 0 Å². The highest BCUT2D eigenvalue weighted by Gasteiger charge is 2.28. The maximum absolute atomic E-state index is 12.0. The average molecular weight is 337 g/mol. The molecule has 0 aliphatic heterocycles. The highest BCUT2D eigenvalue weighted by molar-refractivity contribution is 6.01. The number of ketones is 1. The molecule has 1 aromatic rings.